The van der Waals surface area contributed by atoms with Gasteiger partial charge in [0.25, 0.3) is 0 Å². The average molecular weight is 862 g/mol. The molecule has 0 N–H and O–H groups in total. The zero-order valence-corrected chi connectivity index (χ0v) is 37.2. The Morgan fingerprint density at radius 1 is 0.581 bits per heavy atom. The summed E-state index contributed by atoms with van der Waals surface area (Å²) >= 11 is 3.60. The molecule has 62 heavy (non-hydrogen) atoms. The van der Waals surface area contributed by atoms with E-state index < -0.39 is 5.97 Å². The maximum absolute atomic E-state index is 12.8. The van der Waals surface area contributed by atoms with Crippen LogP contribution < -0.4 is 0 Å². The second kappa shape index (κ2) is 24.9. The van der Waals surface area contributed by atoms with Gasteiger partial charge in [0.2, 0.25) is 0 Å². The summed E-state index contributed by atoms with van der Waals surface area (Å²) in [7, 11) is 1.36. The molecule has 0 aliphatic rings. The molecule has 0 aromatic heterocycles. The van der Waals surface area contributed by atoms with Crippen LogP contribution in [0, 0.1) is 23.7 Å². The molecule has 0 heterocycles. The Balaban J connectivity index is 1.11. The molecular formula is C53H51NO6S2. The first-order valence-corrected chi connectivity index (χ1v) is 22.5. The Kier molecular flexibility index (Phi) is 18.8. The van der Waals surface area contributed by atoms with E-state index in [1.807, 2.05) is 60.3 Å². The highest BCUT2D eigenvalue weighted by Crippen LogP contribution is 2.25. The predicted octanol–water partition coefficient (Wildman–Crippen LogP) is 11.9. The van der Waals surface area contributed by atoms with Gasteiger partial charge in [-0.3, -0.25) is 4.99 Å². The van der Waals surface area contributed by atoms with E-state index in [1.54, 1.807) is 44.0 Å². The van der Waals surface area contributed by atoms with Crippen molar-refractivity contribution in [3.05, 3.63) is 161 Å². The second-order valence-electron chi connectivity index (χ2n) is 14.5. The molecule has 0 spiro atoms. The Hall–Kier alpha value is -6.26. The van der Waals surface area contributed by atoms with Gasteiger partial charge in [-0.2, -0.15) is 0 Å². The van der Waals surface area contributed by atoms with Gasteiger partial charge in [-0.15, -0.1) is 23.5 Å². The monoisotopic (exact) mass is 861 g/mol. The molecule has 0 radical (unpaired) electrons. The molecule has 0 aliphatic heterocycles. The number of nitrogens with zero attached hydrogens (tertiary/aromatic N) is 1. The fourth-order valence-electron chi connectivity index (χ4n) is 5.84. The van der Waals surface area contributed by atoms with Crippen LogP contribution in [0.2, 0.25) is 0 Å². The van der Waals surface area contributed by atoms with Gasteiger partial charge in [0.15, 0.2) is 0 Å². The highest BCUT2D eigenvalue weighted by Gasteiger charge is 2.12. The summed E-state index contributed by atoms with van der Waals surface area (Å²) in [5.41, 5.74) is 6.00. The predicted molar refractivity (Wildman–Crippen MR) is 255 cm³/mol. The lowest BCUT2D eigenvalue weighted by Crippen LogP contribution is -2.06. The minimum Gasteiger partial charge on any atom is -0.465 e. The van der Waals surface area contributed by atoms with Gasteiger partial charge in [0, 0.05) is 49.4 Å². The van der Waals surface area contributed by atoms with Crippen molar-refractivity contribution < 1.29 is 28.6 Å². The molecule has 5 rings (SSSR count). The van der Waals surface area contributed by atoms with Gasteiger partial charge < -0.3 is 14.2 Å². The quantitative estimate of drug-likeness (QED) is 0.0154. The van der Waals surface area contributed by atoms with Crippen molar-refractivity contribution in [3.8, 4) is 23.7 Å². The number of aliphatic imine (C=N–C) groups is 1. The van der Waals surface area contributed by atoms with E-state index in [-0.39, 0.29) is 11.9 Å². The maximum Gasteiger partial charge on any atom is 0.340 e. The summed E-state index contributed by atoms with van der Waals surface area (Å²) in [5, 5.41) is 2.11. The lowest BCUT2D eigenvalue weighted by atomic mass is 10.0. The van der Waals surface area contributed by atoms with Crippen molar-refractivity contribution in [2.75, 3.05) is 31.8 Å². The molecule has 5 aromatic carbocycles. The van der Waals surface area contributed by atoms with E-state index in [9.17, 15) is 14.4 Å². The number of carbonyl (C=O) groups excluding carboxylic acids is 3. The number of unbranched alkanes of at least 4 members (excludes halogenated alkanes) is 4. The van der Waals surface area contributed by atoms with Crippen molar-refractivity contribution >= 4 is 64.1 Å². The minimum absolute atomic E-state index is 0.322. The van der Waals surface area contributed by atoms with Crippen LogP contribution in [0.5, 0.6) is 0 Å². The molecule has 9 heteroatoms. The van der Waals surface area contributed by atoms with E-state index >= 15 is 0 Å². The number of ether oxygens (including phenoxy) is 3. The molecule has 316 valence electrons. The first-order chi connectivity index (χ1) is 30.1. The highest BCUT2D eigenvalue weighted by atomic mass is 32.2. The van der Waals surface area contributed by atoms with E-state index in [1.165, 1.54) is 12.0 Å². The summed E-state index contributed by atoms with van der Waals surface area (Å²) in [4.78, 5) is 42.7. The number of benzene rings is 5. The minimum atomic E-state index is -0.485. The molecular weight excluding hydrogens is 811 g/mol. The van der Waals surface area contributed by atoms with Gasteiger partial charge in [-0.1, -0.05) is 55.0 Å². The third-order valence-corrected chi connectivity index (χ3v) is 11.5. The van der Waals surface area contributed by atoms with Crippen molar-refractivity contribution in [3.63, 3.8) is 0 Å². The number of thioether (sulfide) groups is 2. The van der Waals surface area contributed by atoms with E-state index in [2.05, 4.69) is 84.3 Å². The number of fused-ring (bicyclic) bond motifs is 1. The van der Waals surface area contributed by atoms with Crippen LogP contribution in [0.25, 0.3) is 10.8 Å². The Labute approximate surface area is 374 Å². The third-order valence-electron chi connectivity index (χ3n) is 9.31. The van der Waals surface area contributed by atoms with Crippen LogP contribution in [0.3, 0.4) is 0 Å². The van der Waals surface area contributed by atoms with E-state index in [4.69, 9.17) is 14.2 Å². The Bertz CT molecular complexity index is 2540. The normalized spacial score (nSPS) is 10.6. The molecule has 0 unspecified atom stereocenters. The molecule has 0 saturated heterocycles. The lowest BCUT2D eigenvalue weighted by molar-refractivity contribution is -0.139. The first-order valence-electron chi connectivity index (χ1n) is 20.5. The maximum atomic E-state index is 12.8. The fourth-order valence-corrected chi connectivity index (χ4v) is 7.67. The van der Waals surface area contributed by atoms with Crippen LogP contribution in [-0.4, -0.2) is 56.0 Å². The molecule has 0 atom stereocenters. The lowest BCUT2D eigenvalue weighted by Gasteiger charge is -2.05. The molecule has 0 aliphatic carbocycles. The zero-order chi connectivity index (χ0) is 44.1. The van der Waals surface area contributed by atoms with Crippen molar-refractivity contribution in [1.29, 1.82) is 0 Å². The van der Waals surface area contributed by atoms with Gasteiger partial charge in [-0.05, 0) is 165 Å². The van der Waals surface area contributed by atoms with Crippen molar-refractivity contribution in [1.82, 2.24) is 0 Å². The highest BCUT2D eigenvalue weighted by molar-refractivity contribution is 7.99. The van der Waals surface area contributed by atoms with Crippen molar-refractivity contribution in [2.24, 2.45) is 4.99 Å². The van der Waals surface area contributed by atoms with Crippen molar-refractivity contribution in [2.45, 2.75) is 62.2 Å². The Morgan fingerprint density at radius 3 is 1.58 bits per heavy atom. The number of rotatable bonds is 19. The van der Waals surface area contributed by atoms with Crippen LogP contribution in [-0.2, 0) is 23.8 Å². The molecule has 0 amide bonds. The standard InChI is InChI=1S/C53H51NO6S2/c1-38(2)51(55)59-30-8-6-10-32-61-47-25-18-40(19-26-47)12-14-42-16-23-46-35-44(17-24-45(46)34-42)37-54-50-29-22-43(36-49(50)53(57)58-5)15-13-41-20-27-48(28-21-41)62-33-11-7-9-31-60-52(56)39(3)4/h16-29,34-37H,1,3,6-11,30-33H2,2,4-5H3. The zero-order valence-electron chi connectivity index (χ0n) is 35.6. The van der Waals surface area contributed by atoms with E-state index in [0.717, 1.165) is 88.0 Å². The van der Waals surface area contributed by atoms with Crippen LogP contribution in [0.1, 0.15) is 90.5 Å². The molecule has 0 saturated carbocycles. The SMILES string of the molecule is C=C(C)C(=O)OCCCCCSc1ccc(C#Cc2ccc(N=Cc3ccc4cc(C#Cc5ccc(SCCCCCOC(=O)C(=C)C)cc5)ccc4c3)c(C(=O)OC)c2)cc1. The number of hydrogen-bond donors (Lipinski definition) is 0. The topological polar surface area (TPSA) is 91.3 Å². The molecule has 5 aromatic rings. The molecule has 7 nitrogen and oxygen atoms in total. The second-order valence-corrected chi connectivity index (χ2v) is 16.8. The summed E-state index contributed by atoms with van der Waals surface area (Å²) in [6.07, 6.45) is 7.51. The largest absolute Gasteiger partial charge is 0.465 e. The third kappa shape index (κ3) is 15.6. The first kappa shape index (κ1) is 46.8. The summed E-state index contributed by atoms with van der Waals surface area (Å²) in [6.45, 7) is 11.4. The van der Waals surface area contributed by atoms with Gasteiger partial charge in [-0.25, -0.2) is 14.4 Å². The van der Waals surface area contributed by atoms with Gasteiger partial charge in [0.05, 0.1) is 31.6 Å². The van der Waals surface area contributed by atoms with E-state index in [0.29, 0.717) is 41.2 Å². The van der Waals surface area contributed by atoms with Gasteiger partial charge in [0.1, 0.15) is 0 Å². The smallest absolute Gasteiger partial charge is 0.340 e. The fraction of sp³-hybridized carbons (Fsp3) is 0.245. The summed E-state index contributed by atoms with van der Waals surface area (Å²) < 4.78 is 15.4. The van der Waals surface area contributed by atoms with Crippen LogP contribution >= 0.6 is 23.5 Å². The Morgan fingerprint density at radius 2 is 1.05 bits per heavy atom. The number of hydrogen-bond acceptors (Lipinski definition) is 9. The summed E-state index contributed by atoms with van der Waals surface area (Å²) in [6, 6.07) is 34.0. The summed E-state index contributed by atoms with van der Waals surface area (Å²) in [5.74, 6) is 13.8. The average Bonchev–Trinajstić information content (AvgIpc) is 3.29. The molecule has 0 bridgehead atoms. The van der Waals surface area contributed by atoms with Gasteiger partial charge >= 0.3 is 17.9 Å². The van der Waals surface area contributed by atoms with Crippen LogP contribution in [0.4, 0.5) is 5.69 Å². The molecule has 0 fully saturated rings. The van der Waals surface area contributed by atoms with Crippen LogP contribution in [0.15, 0.2) is 142 Å². The number of methoxy groups -OCH3 is 1. The number of carbonyl (C=O) groups is 3. The number of esters is 3.